The Morgan fingerprint density at radius 3 is 2.47 bits per heavy atom. The van der Waals surface area contributed by atoms with Crippen molar-refractivity contribution in [2.75, 3.05) is 11.6 Å². The van der Waals surface area contributed by atoms with Crippen LogP contribution in [0.5, 0.6) is 0 Å². The molecule has 5 heteroatoms. The lowest BCUT2D eigenvalue weighted by Gasteiger charge is -2.15. The minimum Gasteiger partial charge on any atom is -0.229 e. The summed E-state index contributed by atoms with van der Waals surface area (Å²) >= 11 is 11.9. The fourth-order valence-corrected chi connectivity index (χ4v) is 3.41. The summed E-state index contributed by atoms with van der Waals surface area (Å²) in [7, 11) is -2.99. The van der Waals surface area contributed by atoms with Crippen LogP contribution in [0.4, 0.5) is 0 Å². The Bertz CT molecular complexity index is 498. The molecule has 0 aliphatic carbocycles. The van der Waals surface area contributed by atoms with Crippen LogP contribution in [0.3, 0.4) is 0 Å². The molecule has 0 amide bonds. The summed E-state index contributed by atoms with van der Waals surface area (Å²) in [6.07, 6.45) is 1.36. The first-order valence-electron chi connectivity index (χ1n) is 6.37. The van der Waals surface area contributed by atoms with E-state index in [0.29, 0.717) is 17.3 Å². The van der Waals surface area contributed by atoms with Gasteiger partial charge in [-0.05, 0) is 50.3 Å². The Balaban J connectivity index is 2.60. The summed E-state index contributed by atoms with van der Waals surface area (Å²) in [5.74, 6) is 0.816. The molecular weight excluding hydrogens is 303 g/mol. The van der Waals surface area contributed by atoms with Gasteiger partial charge >= 0.3 is 0 Å². The second-order valence-corrected chi connectivity index (χ2v) is 8.48. The number of benzene rings is 1. The van der Waals surface area contributed by atoms with Gasteiger partial charge in [-0.3, -0.25) is 0 Å². The maximum atomic E-state index is 11.8. The van der Waals surface area contributed by atoms with Crippen molar-refractivity contribution in [1.82, 2.24) is 0 Å². The van der Waals surface area contributed by atoms with Crippen LogP contribution in [0.1, 0.15) is 25.8 Å². The van der Waals surface area contributed by atoms with E-state index in [4.69, 9.17) is 23.2 Å². The summed E-state index contributed by atoms with van der Waals surface area (Å²) in [5.41, 5.74) is 1.10. The van der Waals surface area contributed by atoms with E-state index in [9.17, 15) is 8.42 Å². The Labute approximate surface area is 126 Å². The van der Waals surface area contributed by atoms with Gasteiger partial charge in [0.25, 0.3) is 0 Å². The predicted octanol–water partition coefficient (Wildman–Crippen LogP) is 3.95. The van der Waals surface area contributed by atoms with E-state index < -0.39 is 9.84 Å². The standard InChI is InChI=1S/C14H20Cl2O2S/c1-11(2)19(17,18)7-6-13(10-15)8-12-4-3-5-14(16)9-12/h3-5,9,11,13H,6-8,10H2,1-2H3. The molecule has 2 nitrogen and oxygen atoms in total. The third-order valence-electron chi connectivity index (χ3n) is 3.16. The van der Waals surface area contributed by atoms with Crippen molar-refractivity contribution in [3.8, 4) is 0 Å². The molecule has 1 rings (SSSR count). The molecular formula is C14H20Cl2O2S. The van der Waals surface area contributed by atoms with Gasteiger partial charge < -0.3 is 0 Å². The third kappa shape index (κ3) is 5.72. The maximum Gasteiger partial charge on any atom is 0.152 e. The lowest BCUT2D eigenvalue weighted by Crippen LogP contribution is -2.21. The molecule has 1 unspecified atom stereocenters. The van der Waals surface area contributed by atoms with Crippen molar-refractivity contribution >= 4 is 33.0 Å². The second-order valence-electron chi connectivity index (χ2n) is 5.06. The summed E-state index contributed by atoms with van der Waals surface area (Å²) < 4.78 is 23.6. The number of hydrogen-bond donors (Lipinski definition) is 0. The summed E-state index contributed by atoms with van der Waals surface area (Å²) in [6.45, 7) is 3.42. The molecule has 0 saturated carbocycles. The number of hydrogen-bond acceptors (Lipinski definition) is 2. The van der Waals surface area contributed by atoms with Crippen LogP contribution in [0.15, 0.2) is 24.3 Å². The molecule has 19 heavy (non-hydrogen) atoms. The van der Waals surface area contributed by atoms with Gasteiger partial charge in [-0.25, -0.2) is 8.42 Å². The van der Waals surface area contributed by atoms with Crippen LogP contribution in [0.25, 0.3) is 0 Å². The fourth-order valence-electron chi connectivity index (χ4n) is 1.80. The highest BCUT2D eigenvalue weighted by atomic mass is 35.5. The molecule has 0 aliphatic rings. The van der Waals surface area contributed by atoms with Gasteiger partial charge in [-0.1, -0.05) is 23.7 Å². The predicted molar refractivity (Wildman–Crippen MR) is 82.9 cm³/mol. The molecule has 108 valence electrons. The van der Waals surface area contributed by atoms with E-state index in [-0.39, 0.29) is 16.9 Å². The smallest absolute Gasteiger partial charge is 0.152 e. The molecule has 0 N–H and O–H groups in total. The molecule has 1 atom stereocenters. The largest absolute Gasteiger partial charge is 0.229 e. The fraction of sp³-hybridized carbons (Fsp3) is 0.571. The summed E-state index contributed by atoms with van der Waals surface area (Å²) in [6, 6.07) is 7.61. The Morgan fingerprint density at radius 2 is 1.95 bits per heavy atom. The molecule has 0 aromatic heterocycles. The normalized spacial score (nSPS) is 13.7. The number of alkyl halides is 1. The first-order valence-corrected chi connectivity index (χ1v) is 9.00. The molecule has 0 heterocycles. The molecule has 1 aromatic carbocycles. The Kier molecular flexibility index (Phi) is 6.64. The molecule has 1 aromatic rings. The Morgan fingerprint density at radius 1 is 1.26 bits per heavy atom. The topological polar surface area (TPSA) is 34.1 Å². The van der Waals surface area contributed by atoms with Gasteiger partial charge in [0.1, 0.15) is 0 Å². The molecule has 0 spiro atoms. The Hall–Kier alpha value is -0.250. The zero-order valence-electron chi connectivity index (χ0n) is 11.3. The molecule has 0 radical (unpaired) electrons. The van der Waals surface area contributed by atoms with E-state index in [1.807, 2.05) is 24.3 Å². The van der Waals surface area contributed by atoms with E-state index in [1.165, 1.54) is 0 Å². The lowest BCUT2D eigenvalue weighted by molar-refractivity contribution is 0.544. The van der Waals surface area contributed by atoms with E-state index in [1.54, 1.807) is 13.8 Å². The van der Waals surface area contributed by atoms with Crippen LogP contribution < -0.4 is 0 Å². The zero-order chi connectivity index (χ0) is 14.5. The van der Waals surface area contributed by atoms with Crippen LogP contribution in [-0.4, -0.2) is 25.3 Å². The summed E-state index contributed by atoms with van der Waals surface area (Å²) in [4.78, 5) is 0. The van der Waals surface area contributed by atoms with E-state index >= 15 is 0 Å². The first kappa shape index (κ1) is 16.8. The van der Waals surface area contributed by atoms with Gasteiger partial charge in [0.15, 0.2) is 9.84 Å². The average Bonchev–Trinajstić information content (AvgIpc) is 2.34. The van der Waals surface area contributed by atoms with Crippen molar-refractivity contribution in [2.24, 2.45) is 5.92 Å². The van der Waals surface area contributed by atoms with Crippen molar-refractivity contribution < 1.29 is 8.42 Å². The van der Waals surface area contributed by atoms with E-state index in [0.717, 1.165) is 12.0 Å². The van der Waals surface area contributed by atoms with E-state index in [2.05, 4.69) is 0 Å². The van der Waals surface area contributed by atoms with Crippen molar-refractivity contribution in [3.05, 3.63) is 34.9 Å². The van der Waals surface area contributed by atoms with Gasteiger partial charge in [0, 0.05) is 10.9 Å². The van der Waals surface area contributed by atoms with Crippen molar-refractivity contribution in [1.29, 1.82) is 0 Å². The molecule has 0 saturated heterocycles. The van der Waals surface area contributed by atoms with Gasteiger partial charge in [0.2, 0.25) is 0 Å². The van der Waals surface area contributed by atoms with Gasteiger partial charge in [0.05, 0.1) is 11.0 Å². The van der Waals surface area contributed by atoms with Crippen molar-refractivity contribution in [2.45, 2.75) is 31.9 Å². The third-order valence-corrected chi connectivity index (χ3v) is 6.07. The first-order chi connectivity index (χ1) is 8.85. The van der Waals surface area contributed by atoms with Gasteiger partial charge in [-0.15, -0.1) is 11.6 Å². The molecule has 0 bridgehead atoms. The van der Waals surface area contributed by atoms with Crippen LogP contribution in [0, 0.1) is 5.92 Å². The van der Waals surface area contributed by atoms with Crippen LogP contribution in [-0.2, 0) is 16.3 Å². The summed E-state index contributed by atoms with van der Waals surface area (Å²) in [5, 5.41) is 0.371. The lowest BCUT2D eigenvalue weighted by atomic mass is 9.99. The zero-order valence-corrected chi connectivity index (χ0v) is 13.6. The highest BCUT2D eigenvalue weighted by Crippen LogP contribution is 2.19. The molecule has 0 fully saturated rings. The number of sulfone groups is 1. The highest BCUT2D eigenvalue weighted by Gasteiger charge is 2.19. The highest BCUT2D eigenvalue weighted by molar-refractivity contribution is 7.91. The van der Waals surface area contributed by atoms with Crippen molar-refractivity contribution in [3.63, 3.8) is 0 Å². The minimum atomic E-state index is -2.99. The number of halogens is 2. The second kappa shape index (κ2) is 7.51. The maximum absolute atomic E-state index is 11.8. The van der Waals surface area contributed by atoms with Gasteiger partial charge in [-0.2, -0.15) is 0 Å². The number of rotatable bonds is 7. The average molecular weight is 323 g/mol. The monoisotopic (exact) mass is 322 g/mol. The van der Waals surface area contributed by atoms with Crippen LogP contribution in [0.2, 0.25) is 5.02 Å². The molecule has 0 aliphatic heterocycles. The quantitative estimate of drug-likeness (QED) is 0.712. The SMILES string of the molecule is CC(C)S(=O)(=O)CCC(CCl)Cc1cccc(Cl)c1. The van der Waals surface area contributed by atoms with Crippen LogP contribution >= 0.6 is 23.2 Å². The minimum absolute atomic E-state index is 0.161.